The van der Waals surface area contributed by atoms with Crippen molar-refractivity contribution in [3.05, 3.63) is 40.3 Å². The Balaban J connectivity index is 2.27. The molecule has 2 N–H and O–H groups in total. The van der Waals surface area contributed by atoms with E-state index in [2.05, 4.69) is 4.72 Å². The summed E-state index contributed by atoms with van der Waals surface area (Å²) < 4.78 is 29.3. The molecule has 0 aliphatic carbocycles. The number of hydrogen-bond donors (Lipinski definition) is 2. The maximum Gasteiger partial charge on any atom is 0.242 e. The molecule has 0 radical (unpaired) electrons. The van der Waals surface area contributed by atoms with E-state index >= 15 is 0 Å². The molecule has 0 saturated heterocycles. The Morgan fingerprint density at radius 2 is 2.10 bits per heavy atom. The highest BCUT2D eigenvalue weighted by Gasteiger charge is 2.22. The second-order valence-electron chi connectivity index (χ2n) is 5.23. The summed E-state index contributed by atoms with van der Waals surface area (Å²) in [6.45, 7) is 5.51. The Hall–Kier alpha value is -1.15. The van der Waals surface area contributed by atoms with Crippen molar-refractivity contribution in [2.45, 2.75) is 44.4 Å². The van der Waals surface area contributed by atoms with Gasteiger partial charge in [0.15, 0.2) is 0 Å². The second-order valence-corrected chi connectivity index (χ2v) is 7.72. The standard InChI is InChI=1S/C14H20N2O3S2/c1-10(2)16-7-14(6-13(16)8-17)21(18,19)15-11(3)12-4-5-20-9-12/h4-7,9-11,15,17H,8H2,1-3H3. The lowest BCUT2D eigenvalue weighted by atomic mass is 10.2. The number of nitrogens with one attached hydrogen (secondary N) is 1. The van der Waals surface area contributed by atoms with Gasteiger partial charge < -0.3 is 9.67 Å². The van der Waals surface area contributed by atoms with Crippen LogP contribution in [0.3, 0.4) is 0 Å². The molecule has 7 heteroatoms. The van der Waals surface area contributed by atoms with Crippen molar-refractivity contribution in [1.29, 1.82) is 0 Å². The summed E-state index contributed by atoms with van der Waals surface area (Å²) in [5.41, 5.74) is 1.53. The number of sulfonamides is 1. The van der Waals surface area contributed by atoms with Gasteiger partial charge in [-0.15, -0.1) is 0 Å². The molecule has 0 aromatic carbocycles. The number of hydrogen-bond acceptors (Lipinski definition) is 4. The molecule has 5 nitrogen and oxygen atoms in total. The maximum absolute atomic E-state index is 12.4. The van der Waals surface area contributed by atoms with Crippen LogP contribution in [0.2, 0.25) is 0 Å². The Morgan fingerprint density at radius 3 is 2.57 bits per heavy atom. The highest BCUT2D eigenvalue weighted by Crippen LogP contribution is 2.22. The van der Waals surface area contributed by atoms with Crippen molar-refractivity contribution < 1.29 is 13.5 Å². The van der Waals surface area contributed by atoms with Crippen LogP contribution in [0.5, 0.6) is 0 Å². The first-order valence-electron chi connectivity index (χ1n) is 6.71. The van der Waals surface area contributed by atoms with Crippen molar-refractivity contribution in [1.82, 2.24) is 9.29 Å². The Bertz CT molecular complexity index is 688. The van der Waals surface area contributed by atoms with Gasteiger partial charge in [-0.25, -0.2) is 13.1 Å². The van der Waals surface area contributed by atoms with E-state index in [1.807, 2.05) is 37.6 Å². The van der Waals surface area contributed by atoms with E-state index in [4.69, 9.17) is 0 Å². The van der Waals surface area contributed by atoms with Gasteiger partial charge in [-0.3, -0.25) is 0 Å². The second kappa shape index (κ2) is 6.31. The maximum atomic E-state index is 12.4. The van der Waals surface area contributed by atoms with E-state index in [-0.39, 0.29) is 23.6 Å². The number of aliphatic hydroxyl groups is 1. The summed E-state index contributed by atoms with van der Waals surface area (Å²) in [5.74, 6) is 0. The molecular formula is C14H20N2O3S2. The lowest BCUT2D eigenvalue weighted by molar-refractivity contribution is 0.268. The summed E-state index contributed by atoms with van der Waals surface area (Å²) in [4.78, 5) is 0.183. The van der Waals surface area contributed by atoms with Gasteiger partial charge in [0.2, 0.25) is 10.0 Å². The normalized spacial score (nSPS) is 13.8. The van der Waals surface area contributed by atoms with Crippen molar-refractivity contribution in [3.8, 4) is 0 Å². The minimum atomic E-state index is -3.61. The first-order valence-corrected chi connectivity index (χ1v) is 9.13. The van der Waals surface area contributed by atoms with Gasteiger partial charge in [-0.05, 0) is 49.2 Å². The summed E-state index contributed by atoms with van der Waals surface area (Å²) in [7, 11) is -3.61. The van der Waals surface area contributed by atoms with Crippen LogP contribution in [0.25, 0.3) is 0 Å². The smallest absolute Gasteiger partial charge is 0.242 e. The SMILES string of the molecule is CC(NS(=O)(=O)c1cc(CO)n(C(C)C)c1)c1ccsc1. The Kier molecular flexibility index (Phi) is 4.88. The number of aromatic nitrogens is 1. The zero-order chi connectivity index (χ0) is 15.6. The summed E-state index contributed by atoms with van der Waals surface area (Å²) in [6.07, 6.45) is 1.57. The minimum absolute atomic E-state index is 0.0883. The Labute approximate surface area is 129 Å². The topological polar surface area (TPSA) is 71.3 Å². The molecule has 0 aliphatic heterocycles. The molecule has 0 fully saturated rings. The third-order valence-electron chi connectivity index (χ3n) is 3.31. The first-order chi connectivity index (χ1) is 9.85. The lowest BCUT2D eigenvalue weighted by Gasteiger charge is -2.12. The monoisotopic (exact) mass is 328 g/mol. The molecule has 21 heavy (non-hydrogen) atoms. The molecule has 116 valence electrons. The fourth-order valence-electron chi connectivity index (χ4n) is 2.14. The summed E-state index contributed by atoms with van der Waals surface area (Å²) in [6, 6.07) is 3.21. The quantitative estimate of drug-likeness (QED) is 0.856. The van der Waals surface area contributed by atoms with Gasteiger partial charge in [-0.1, -0.05) is 0 Å². The fraction of sp³-hybridized carbons (Fsp3) is 0.429. The average Bonchev–Trinajstić information content (AvgIpc) is 3.07. The molecule has 0 saturated carbocycles. The van der Waals surface area contributed by atoms with E-state index < -0.39 is 10.0 Å². The van der Waals surface area contributed by atoms with Gasteiger partial charge in [-0.2, -0.15) is 11.3 Å². The molecule has 2 rings (SSSR count). The van der Waals surface area contributed by atoms with Crippen LogP contribution in [-0.4, -0.2) is 18.1 Å². The van der Waals surface area contributed by atoms with Gasteiger partial charge in [0.05, 0.1) is 6.61 Å². The largest absolute Gasteiger partial charge is 0.390 e. The molecular weight excluding hydrogens is 308 g/mol. The van der Waals surface area contributed by atoms with Crippen LogP contribution < -0.4 is 4.72 Å². The predicted octanol–water partition coefficient (Wildman–Crippen LogP) is 2.66. The molecule has 0 amide bonds. The van der Waals surface area contributed by atoms with Crippen LogP contribution in [0, 0.1) is 0 Å². The number of nitrogens with zero attached hydrogens (tertiary/aromatic N) is 1. The van der Waals surface area contributed by atoms with E-state index in [1.54, 1.807) is 10.8 Å². The van der Waals surface area contributed by atoms with Crippen LogP contribution >= 0.6 is 11.3 Å². The zero-order valence-electron chi connectivity index (χ0n) is 12.3. The van der Waals surface area contributed by atoms with Crippen molar-refractivity contribution in [2.75, 3.05) is 0 Å². The van der Waals surface area contributed by atoms with Crippen LogP contribution in [-0.2, 0) is 16.6 Å². The van der Waals surface area contributed by atoms with E-state index in [0.717, 1.165) is 5.56 Å². The molecule has 2 aromatic rings. The summed E-state index contributed by atoms with van der Waals surface area (Å²) in [5, 5.41) is 13.2. The molecule has 2 heterocycles. The number of aliphatic hydroxyl groups excluding tert-OH is 1. The highest BCUT2D eigenvalue weighted by atomic mass is 32.2. The third kappa shape index (κ3) is 3.55. The molecule has 0 bridgehead atoms. The van der Waals surface area contributed by atoms with Crippen molar-refractivity contribution in [2.24, 2.45) is 0 Å². The minimum Gasteiger partial charge on any atom is -0.390 e. The fourth-order valence-corrected chi connectivity index (χ4v) is 4.18. The van der Waals surface area contributed by atoms with Crippen molar-refractivity contribution >= 4 is 21.4 Å². The predicted molar refractivity (Wildman–Crippen MR) is 83.8 cm³/mol. The van der Waals surface area contributed by atoms with E-state index in [9.17, 15) is 13.5 Å². The van der Waals surface area contributed by atoms with E-state index in [0.29, 0.717) is 5.69 Å². The average molecular weight is 328 g/mol. The Morgan fingerprint density at radius 1 is 1.38 bits per heavy atom. The van der Waals surface area contributed by atoms with Crippen molar-refractivity contribution in [3.63, 3.8) is 0 Å². The van der Waals surface area contributed by atoms with Crippen LogP contribution in [0.1, 0.15) is 44.1 Å². The summed E-state index contributed by atoms with van der Waals surface area (Å²) >= 11 is 1.53. The van der Waals surface area contributed by atoms with Crippen LogP contribution in [0.4, 0.5) is 0 Å². The van der Waals surface area contributed by atoms with Gasteiger partial charge >= 0.3 is 0 Å². The molecule has 0 aliphatic rings. The molecule has 1 unspecified atom stereocenters. The van der Waals surface area contributed by atoms with Gasteiger partial charge in [0.1, 0.15) is 4.90 Å². The lowest BCUT2D eigenvalue weighted by Crippen LogP contribution is -2.26. The highest BCUT2D eigenvalue weighted by molar-refractivity contribution is 7.89. The number of thiophene rings is 1. The molecule has 1 atom stereocenters. The van der Waals surface area contributed by atoms with Crippen LogP contribution in [0.15, 0.2) is 34.0 Å². The number of rotatable bonds is 6. The first kappa shape index (κ1) is 16.2. The zero-order valence-corrected chi connectivity index (χ0v) is 13.9. The van der Waals surface area contributed by atoms with Gasteiger partial charge in [0.25, 0.3) is 0 Å². The molecule has 2 aromatic heterocycles. The van der Waals surface area contributed by atoms with E-state index in [1.165, 1.54) is 17.4 Å². The molecule has 0 spiro atoms. The third-order valence-corrected chi connectivity index (χ3v) is 5.52. The van der Waals surface area contributed by atoms with Gasteiger partial charge in [0, 0.05) is 24.0 Å².